The topological polar surface area (TPSA) is 24.9 Å². The Kier molecular flexibility index (Phi) is 6.70. The lowest BCUT2D eigenvalue weighted by atomic mass is 10.1. The van der Waals surface area contributed by atoms with Crippen molar-refractivity contribution in [1.29, 1.82) is 0 Å². The highest BCUT2D eigenvalue weighted by Crippen LogP contribution is 2.22. The molecule has 1 aliphatic heterocycles. The maximum Gasteiger partial charge on any atom is 0.0584 e. The van der Waals surface area contributed by atoms with Crippen molar-refractivity contribution < 1.29 is 0 Å². The summed E-state index contributed by atoms with van der Waals surface area (Å²) in [6, 6.07) is 4.52. The Bertz CT molecular complexity index is 277. The Labute approximate surface area is 105 Å². The van der Waals surface area contributed by atoms with Crippen LogP contribution in [0.25, 0.3) is 0 Å². The van der Waals surface area contributed by atoms with Crippen LogP contribution in [-0.2, 0) is 0 Å². The maximum atomic E-state index is 4.33. The second kappa shape index (κ2) is 6.62. The number of hydrogen-bond donors (Lipinski definition) is 1. The second-order valence-corrected chi connectivity index (χ2v) is 3.96. The normalized spacial score (nSPS) is 19.6. The van der Waals surface area contributed by atoms with Gasteiger partial charge in [0.1, 0.15) is 0 Å². The van der Waals surface area contributed by atoms with Crippen molar-refractivity contribution >= 4 is 40.7 Å². The Hall–Kier alpha value is 0.170. The number of nitrogens with zero attached hydrogens (tertiary/aromatic N) is 1. The van der Waals surface area contributed by atoms with E-state index in [4.69, 9.17) is 0 Å². The van der Waals surface area contributed by atoms with Crippen LogP contribution in [0.3, 0.4) is 0 Å². The lowest BCUT2D eigenvalue weighted by molar-refractivity contribution is 0.627. The summed E-state index contributed by atoms with van der Waals surface area (Å²) in [5.74, 6) is 0. The summed E-state index contributed by atoms with van der Waals surface area (Å²) in [7, 11) is 0. The number of hydrogen-bond acceptors (Lipinski definition) is 2. The maximum absolute atomic E-state index is 4.33. The molecule has 1 aromatic heterocycles. The Morgan fingerprint density at radius 2 is 2.21 bits per heavy atom. The highest BCUT2D eigenvalue weighted by molar-refractivity contribution is 9.10. The molecule has 80 valence electrons. The standard InChI is InChI=1S/C9H11BrN2.2ClH/c10-7-3-5-12-9(6-7)8-2-1-4-11-8;;/h3,5-6,8,11H,1-2,4H2;2*1H. The third-order valence-corrected chi connectivity index (χ3v) is 2.65. The molecule has 0 radical (unpaired) electrons. The largest absolute Gasteiger partial charge is 0.309 e. The summed E-state index contributed by atoms with van der Waals surface area (Å²) >= 11 is 3.44. The summed E-state index contributed by atoms with van der Waals surface area (Å²) in [5, 5.41) is 3.42. The molecule has 1 fully saturated rings. The zero-order chi connectivity index (χ0) is 8.39. The van der Waals surface area contributed by atoms with Crippen molar-refractivity contribution in [2.24, 2.45) is 0 Å². The Morgan fingerprint density at radius 3 is 2.79 bits per heavy atom. The van der Waals surface area contributed by atoms with E-state index < -0.39 is 0 Å². The third kappa shape index (κ3) is 3.39. The lowest BCUT2D eigenvalue weighted by Crippen LogP contribution is -2.13. The van der Waals surface area contributed by atoms with Gasteiger partial charge in [-0.05, 0) is 31.5 Å². The first-order valence-corrected chi connectivity index (χ1v) is 5.00. The highest BCUT2D eigenvalue weighted by Gasteiger charge is 2.16. The molecular formula is C9H13BrCl2N2. The molecule has 2 rings (SSSR count). The number of aromatic nitrogens is 1. The van der Waals surface area contributed by atoms with E-state index in [2.05, 4.69) is 32.3 Å². The first-order chi connectivity index (χ1) is 5.86. The van der Waals surface area contributed by atoms with Crippen molar-refractivity contribution in [1.82, 2.24) is 10.3 Å². The minimum absolute atomic E-state index is 0. The van der Waals surface area contributed by atoms with Gasteiger partial charge in [0.15, 0.2) is 0 Å². The third-order valence-electron chi connectivity index (χ3n) is 2.16. The summed E-state index contributed by atoms with van der Waals surface area (Å²) in [4.78, 5) is 4.33. The summed E-state index contributed by atoms with van der Waals surface area (Å²) in [5.41, 5.74) is 1.15. The minimum Gasteiger partial charge on any atom is -0.309 e. The monoisotopic (exact) mass is 298 g/mol. The zero-order valence-electron chi connectivity index (χ0n) is 7.57. The molecule has 1 aliphatic rings. The van der Waals surface area contributed by atoms with Crippen LogP contribution in [-0.4, -0.2) is 11.5 Å². The van der Waals surface area contributed by atoms with Crippen molar-refractivity contribution in [2.45, 2.75) is 18.9 Å². The summed E-state index contributed by atoms with van der Waals surface area (Å²) < 4.78 is 1.11. The van der Waals surface area contributed by atoms with Gasteiger partial charge in [0.2, 0.25) is 0 Å². The van der Waals surface area contributed by atoms with Crippen LogP contribution in [0.4, 0.5) is 0 Å². The van der Waals surface area contributed by atoms with Gasteiger partial charge in [-0.15, -0.1) is 24.8 Å². The predicted molar refractivity (Wildman–Crippen MR) is 66.4 cm³/mol. The highest BCUT2D eigenvalue weighted by atomic mass is 79.9. The average molecular weight is 300 g/mol. The van der Waals surface area contributed by atoms with Crippen molar-refractivity contribution in [3.63, 3.8) is 0 Å². The van der Waals surface area contributed by atoms with Gasteiger partial charge >= 0.3 is 0 Å². The summed E-state index contributed by atoms with van der Waals surface area (Å²) in [6.45, 7) is 1.12. The number of nitrogens with one attached hydrogen (secondary N) is 1. The van der Waals surface area contributed by atoms with Crippen LogP contribution in [0.2, 0.25) is 0 Å². The molecule has 2 heterocycles. The number of pyridine rings is 1. The summed E-state index contributed by atoms with van der Waals surface area (Å²) in [6.07, 6.45) is 4.32. The number of rotatable bonds is 1. The van der Waals surface area contributed by atoms with Crippen LogP contribution in [0, 0.1) is 0 Å². The van der Waals surface area contributed by atoms with Crippen LogP contribution >= 0.6 is 40.7 Å². The fourth-order valence-corrected chi connectivity index (χ4v) is 1.90. The minimum atomic E-state index is 0. The van der Waals surface area contributed by atoms with Gasteiger partial charge in [0.25, 0.3) is 0 Å². The smallest absolute Gasteiger partial charge is 0.0584 e. The van der Waals surface area contributed by atoms with E-state index in [-0.39, 0.29) is 24.8 Å². The van der Waals surface area contributed by atoms with Crippen molar-refractivity contribution in [2.75, 3.05) is 6.54 Å². The van der Waals surface area contributed by atoms with Crippen LogP contribution < -0.4 is 5.32 Å². The molecule has 5 heteroatoms. The molecule has 1 unspecified atom stereocenters. The van der Waals surface area contributed by atoms with E-state index >= 15 is 0 Å². The van der Waals surface area contributed by atoms with Gasteiger partial charge in [0, 0.05) is 16.7 Å². The zero-order valence-corrected chi connectivity index (χ0v) is 10.8. The SMILES string of the molecule is Brc1ccnc(C2CCCN2)c1.Cl.Cl. The molecule has 0 amide bonds. The fraction of sp³-hybridized carbons (Fsp3) is 0.444. The first kappa shape index (κ1) is 14.2. The quantitative estimate of drug-likeness (QED) is 0.862. The van der Waals surface area contributed by atoms with E-state index in [9.17, 15) is 0 Å². The molecule has 1 saturated heterocycles. The average Bonchev–Trinajstić information content (AvgIpc) is 2.56. The first-order valence-electron chi connectivity index (χ1n) is 4.21. The van der Waals surface area contributed by atoms with Gasteiger partial charge in [-0.1, -0.05) is 15.9 Å². The van der Waals surface area contributed by atoms with Gasteiger partial charge in [-0.25, -0.2) is 0 Å². The van der Waals surface area contributed by atoms with E-state index in [0.29, 0.717) is 6.04 Å². The van der Waals surface area contributed by atoms with Gasteiger partial charge in [-0.2, -0.15) is 0 Å². The molecule has 0 aliphatic carbocycles. The van der Waals surface area contributed by atoms with Gasteiger partial charge in [0.05, 0.1) is 5.69 Å². The van der Waals surface area contributed by atoms with Crippen LogP contribution in [0.1, 0.15) is 24.6 Å². The second-order valence-electron chi connectivity index (χ2n) is 3.05. The van der Waals surface area contributed by atoms with Gasteiger partial charge < -0.3 is 5.32 Å². The molecular weight excluding hydrogens is 287 g/mol. The molecule has 14 heavy (non-hydrogen) atoms. The van der Waals surface area contributed by atoms with Crippen LogP contribution in [0.5, 0.6) is 0 Å². The molecule has 1 N–H and O–H groups in total. The van der Waals surface area contributed by atoms with E-state index in [1.54, 1.807) is 0 Å². The fourth-order valence-electron chi connectivity index (χ4n) is 1.55. The van der Waals surface area contributed by atoms with Crippen molar-refractivity contribution in [3.05, 3.63) is 28.5 Å². The Morgan fingerprint density at radius 1 is 1.43 bits per heavy atom. The molecule has 0 spiro atoms. The molecule has 2 nitrogen and oxygen atoms in total. The lowest BCUT2D eigenvalue weighted by Gasteiger charge is -2.08. The van der Waals surface area contributed by atoms with Gasteiger partial charge in [-0.3, -0.25) is 4.98 Å². The number of halogens is 3. The van der Waals surface area contributed by atoms with Crippen molar-refractivity contribution in [3.8, 4) is 0 Å². The Balaban J connectivity index is 0.000000845. The molecule has 1 atom stereocenters. The molecule has 0 bridgehead atoms. The predicted octanol–water partition coefficient (Wildman–Crippen LogP) is 3.11. The molecule has 1 aromatic rings. The van der Waals surface area contributed by atoms with E-state index in [0.717, 1.165) is 16.7 Å². The van der Waals surface area contributed by atoms with E-state index in [1.807, 2.05) is 12.3 Å². The van der Waals surface area contributed by atoms with Crippen LogP contribution in [0.15, 0.2) is 22.8 Å². The molecule has 0 saturated carbocycles. The molecule has 0 aromatic carbocycles. The van der Waals surface area contributed by atoms with E-state index in [1.165, 1.54) is 12.8 Å².